The van der Waals surface area contributed by atoms with E-state index in [9.17, 15) is 9.90 Å². The fourth-order valence-corrected chi connectivity index (χ4v) is 3.53. The van der Waals surface area contributed by atoms with E-state index in [0.717, 1.165) is 25.9 Å². The zero-order valence-corrected chi connectivity index (χ0v) is 13.2. The van der Waals surface area contributed by atoms with Crippen molar-refractivity contribution >= 4 is 5.97 Å². The predicted molar refractivity (Wildman–Crippen MR) is 85.1 cm³/mol. The molecule has 0 aliphatic carbocycles. The van der Waals surface area contributed by atoms with Gasteiger partial charge in [-0.2, -0.15) is 0 Å². The van der Waals surface area contributed by atoms with Crippen LogP contribution >= 0.6 is 0 Å². The molecule has 21 heavy (non-hydrogen) atoms. The predicted octanol–water partition coefficient (Wildman–Crippen LogP) is 3.79. The van der Waals surface area contributed by atoms with Gasteiger partial charge in [0, 0.05) is 19.6 Å². The van der Waals surface area contributed by atoms with Crippen LogP contribution in [0.1, 0.15) is 45.1 Å². The highest BCUT2D eigenvalue weighted by molar-refractivity contribution is 5.72. The van der Waals surface area contributed by atoms with Crippen molar-refractivity contribution in [3.05, 3.63) is 35.9 Å². The Balaban J connectivity index is 2.02. The molecule has 1 saturated heterocycles. The van der Waals surface area contributed by atoms with E-state index in [4.69, 9.17) is 0 Å². The Hall–Kier alpha value is -1.35. The molecule has 2 rings (SSSR count). The van der Waals surface area contributed by atoms with Gasteiger partial charge in [-0.05, 0) is 17.4 Å². The first-order valence-corrected chi connectivity index (χ1v) is 8.04. The molecule has 116 valence electrons. The number of aliphatic carboxylic acids is 1. The van der Waals surface area contributed by atoms with Crippen molar-refractivity contribution in [1.82, 2.24) is 4.90 Å². The monoisotopic (exact) mass is 289 g/mol. The highest BCUT2D eigenvalue weighted by Crippen LogP contribution is 2.41. The topological polar surface area (TPSA) is 40.5 Å². The number of hydrogen-bond donors (Lipinski definition) is 1. The third-order valence-corrected chi connectivity index (χ3v) is 4.77. The number of unbranched alkanes of at least 4 members (excludes halogenated alkanes) is 2. The summed E-state index contributed by atoms with van der Waals surface area (Å²) in [6.07, 6.45) is 4.53. The van der Waals surface area contributed by atoms with E-state index in [2.05, 4.69) is 30.9 Å². The van der Waals surface area contributed by atoms with E-state index in [0.29, 0.717) is 6.54 Å². The quantitative estimate of drug-likeness (QED) is 0.776. The lowest BCUT2D eigenvalue weighted by molar-refractivity contribution is -0.144. The fourth-order valence-electron chi connectivity index (χ4n) is 3.53. The minimum Gasteiger partial charge on any atom is -0.481 e. The summed E-state index contributed by atoms with van der Waals surface area (Å²) in [6, 6.07) is 10.3. The lowest BCUT2D eigenvalue weighted by Crippen LogP contribution is -2.32. The van der Waals surface area contributed by atoms with Crippen molar-refractivity contribution in [2.24, 2.45) is 11.3 Å². The molecule has 2 atom stereocenters. The number of hydrogen-bond acceptors (Lipinski definition) is 2. The molecule has 0 bridgehead atoms. The van der Waals surface area contributed by atoms with Gasteiger partial charge in [0.15, 0.2) is 0 Å². The number of carbonyl (C=O) groups is 1. The Kier molecular flexibility index (Phi) is 5.40. The molecule has 1 aliphatic rings. The maximum Gasteiger partial charge on any atom is 0.308 e. The van der Waals surface area contributed by atoms with Gasteiger partial charge < -0.3 is 5.11 Å². The van der Waals surface area contributed by atoms with Gasteiger partial charge in [-0.3, -0.25) is 9.69 Å². The maximum absolute atomic E-state index is 11.6. The normalized spacial score (nSPS) is 26.1. The lowest BCUT2D eigenvalue weighted by atomic mass is 9.76. The van der Waals surface area contributed by atoms with Crippen molar-refractivity contribution in [2.45, 2.75) is 46.1 Å². The van der Waals surface area contributed by atoms with E-state index in [1.54, 1.807) is 0 Å². The Morgan fingerprint density at radius 1 is 1.33 bits per heavy atom. The average Bonchev–Trinajstić information content (AvgIpc) is 2.77. The highest BCUT2D eigenvalue weighted by Gasteiger charge is 2.46. The van der Waals surface area contributed by atoms with Gasteiger partial charge >= 0.3 is 5.97 Å². The minimum atomic E-state index is -0.635. The van der Waals surface area contributed by atoms with Crippen LogP contribution in [0.25, 0.3) is 0 Å². The van der Waals surface area contributed by atoms with Crippen LogP contribution in [0, 0.1) is 11.3 Å². The number of likely N-dealkylation sites (tertiary alicyclic amines) is 1. The van der Waals surface area contributed by atoms with Crippen LogP contribution in [0.2, 0.25) is 0 Å². The molecule has 1 aliphatic heterocycles. The van der Waals surface area contributed by atoms with E-state index in [-0.39, 0.29) is 11.3 Å². The Bertz CT molecular complexity index is 460. The van der Waals surface area contributed by atoms with Crippen molar-refractivity contribution in [3.63, 3.8) is 0 Å². The fraction of sp³-hybridized carbons (Fsp3) is 0.611. The third kappa shape index (κ3) is 4.07. The first kappa shape index (κ1) is 16.0. The number of carboxylic acids is 1. The molecule has 0 aromatic heterocycles. The first-order valence-electron chi connectivity index (χ1n) is 8.04. The second kappa shape index (κ2) is 7.08. The van der Waals surface area contributed by atoms with Gasteiger partial charge in [-0.25, -0.2) is 0 Å². The molecule has 3 nitrogen and oxygen atoms in total. The molecule has 1 aromatic carbocycles. The summed E-state index contributed by atoms with van der Waals surface area (Å²) in [5.41, 5.74) is 1.18. The highest BCUT2D eigenvalue weighted by atomic mass is 16.4. The van der Waals surface area contributed by atoms with E-state index in [1.165, 1.54) is 18.4 Å². The summed E-state index contributed by atoms with van der Waals surface area (Å²) in [7, 11) is 0. The average molecular weight is 289 g/mol. The van der Waals surface area contributed by atoms with Gasteiger partial charge in [0.2, 0.25) is 0 Å². The van der Waals surface area contributed by atoms with Crippen LogP contribution < -0.4 is 0 Å². The number of rotatable bonds is 7. The van der Waals surface area contributed by atoms with Crippen LogP contribution in [0.15, 0.2) is 30.3 Å². The number of benzene rings is 1. The van der Waals surface area contributed by atoms with Crippen LogP contribution in [-0.4, -0.2) is 29.1 Å². The third-order valence-electron chi connectivity index (χ3n) is 4.77. The van der Waals surface area contributed by atoms with Gasteiger partial charge in [-0.1, -0.05) is 63.4 Å². The molecule has 1 fully saturated rings. The molecule has 0 saturated carbocycles. The van der Waals surface area contributed by atoms with Gasteiger partial charge in [-0.15, -0.1) is 0 Å². The second-order valence-electron chi connectivity index (χ2n) is 6.66. The Morgan fingerprint density at radius 2 is 2.05 bits per heavy atom. The van der Waals surface area contributed by atoms with Crippen LogP contribution in [0.3, 0.4) is 0 Å². The zero-order valence-electron chi connectivity index (χ0n) is 13.2. The van der Waals surface area contributed by atoms with Crippen molar-refractivity contribution in [3.8, 4) is 0 Å². The van der Waals surface area contributed by atoms with E-state index >= 15 is 0 Å². The first-order chi connectivity index (χ1) is 10.0. The second-order valence-corrected chi connectivity index (χ2v) is 6.66. The summed E-state index contributed by atoms with van der Waals surface area (Å²) in [4.78, 5) is 13.9. The minimum absolute atomic E-state index is 0.0875. The van der Waals surface area contributed by atoms with Gasteiger partial charge in [0.25, 0.3) is 0 Å². The molecule has 0 radical (unpaired) electrons. The summed E-state index contributed by atoms with van der Waals surface area (Å²) < 4.78 is 0. The van der Waals surface area contributed by atoms with Gasteiger partial charge in [0.1, 0.15) is 0 Å². The van der Waals surface area contributed by atoms with Crippen molar-refractivity contribution < 1.29 is 9.90 Å². The summed E-state index contributed by atoms with van der Waals surface area (Å²) >= 11 is 0. The Labute approximate surface area is 128 Å². The smallest absolute Gasteiger partial charge is 0.308 e. The molecule has 2 unspecified atom stereocenters. The summed E-state index contributed by atoms with van der Waals surface area (Å²) in [5, 5.41) is 9.56. The molecule has 1 heterocycles. The van der Waals surface area contributed by atoms with E-state index < -0.39 is 5.97 Å². The van der Waals surface area contributed by atoms with E-state index in [1.807, 2.05) is 18.2 Å². The van der Waals surface area contributed by atoms with Crippen LogP contribution in [-0.2, 0) is 11.3 Å². The Morgan fingerprint density at radius 3 is 2.67 bits per heavy atom. The van der Waals surface area contributed by atoms with Crippen molar-refractivity contribution in [2.75, 3.05) is 13.1 Å². The molecule has 1 N–H and O–H groups in total. The molecule has 3 heteroatoms. The van der Waals surface area contributed by atoms with Crippen LogP contribution in [0.5, 0.6) is 0 Å². The molecular formula is C18H27NO2. The molecule has 0 amide bonds. The number of nitrogens with zero attached hydrogens (tertiary/aromatic N) is 1. The standard InChI is InChI=1S/C18H27NO2/c1-3-4-8-11-18(2)14-19(13-16(18)17(20)21)12-15-9-6-5-7-10-15/h5-7,9-10,16H,3-4,8,11-14H2,1-2H3,(H,20,21). The van der Waals surface area contributed by atoms with Crippen molar-refractivity contribution in [1.29, 1.82) is 0 Å². The SMILES string of the molecule is CCCCCC1(C)CN(Cc2ccccc2)CC1C(=O)O. The zero-order chi connectivity index (χ0) is 15.3. The summed E-state index contributed by atoms with van der Waals surface area (Å²) in [5.74, 6) is -0.873. The largest absolute Gasteiger partial charge is 0.481 e. The molecular weight excluding hydrogens is 262 g/mol. The molecule has 1 aromatic rings. The maximum atomic E-state index is 11.6. The van der Waals surface area contributed by atoms with Gasteiger partial charge in [0.05, 0.1) is 5.92 Å². The number of carboxylic acid groups (broad SMARTS) is 1. The molecule has 0 spiro atoms. The lowest BCUT2D eigenvalue weighted by Gasteiger charge is -2.28. The van der Waals surface area contributed by atoms with Crippen LogP contribution in [0.4, 0.5) is 0 Å². The summed E-state index contributed by atoms with van der Waals surface area (Å²) in [6.45, 7) is 6.77.